The third-order valence-corrected chi connectivity index (χ3v) is 4.18. The highest BCUT2D eigenvalue weighted by molar-refractivity contribution is 6.02. The zero-order valence-electron chi connectivity index (χ0n) is 12.6. The zero-order chi connectivity index (χ0) is 15.8. The molecule has 3 aromatic carbocycles. The summed E-state index contributed by atoms with van der Waals surface area (Å²) in [6.07, 6.45) is 0. The lowest BCUT2D eigenvalue weighted by atomic mass is 9.99. The number of nitriles is 1. The SMILES string of the molecule is COc1ccc2c(C#N)c(-c3cccc4ccccc34)[nH]c2c1. The molecule has 1 N–H and O–H groups in total. The van der Waals surface area contributed by atoms with Gasteiger partial charge in [-0.25, -0.2) is 0 Å². The van der Waals surface area contributed by atoms with E-state index in [4.69, 9.17) is 4.74 Å². The molecule has 0 saturated heterocycles. The van der Waals surface area contributed by atoms with Gasteiger partial charge in [-0.1, -0.05) is 42.5 Å². The molecule has 4 aromatic rings. The molecule has 0 radical (unpaired) electrons. The number of H-pyrrole nitrogens is 1. The highest BCUT2D eigenvalue weighted by atomic mass is 16.5. The standard InChI is InChI=1S/C20H14N2O/c1-23-14-9-10-16-18(12-21)20(22-19(16)11-14)17-8-4-6-13-5-2-3-7-15(13)17/h2-11,22H,1H3. The van der Waals surface area contributed by atoms with Crippen molar-refractivity contribution >= 4 is 21.7 Å². The molecule has 23 heavy (non-hydrogen) atoms. The quantitative estimate of drug-likeness (QED) is 0.574. The van der Waals surface area contributed by atoms with Gasteiger partial charge in [0, 0.05) is 17.0 Å². The lowest BCUT2D eigenvalue weighted by Crippen LogP contribution is -1.84. The summed E-state index contributed by atoms with van der Waals surface area (Å²) in [6.45, 7) is 0. The van der Waals surface area contributed by atoms with Crippen LogP contribution in [-0.4, -0.2) is 12.1 Å². The predicted molar refractivity (Wildman–Crippen MR) is 92.5 cm³/mol. The van der Waals surface area contributed by atoms with E-state index >= 15 is 0 Å². The molecule has 110 valence electrons. The smallest absolute Gasteiger partial charge is 0.120 e. The Bertz CT molecular complexity index is 1060. The van der Waals surface area contributed by atoms with Crippen LogP contribution in [0.25, 0.3) is 32.9 Å². The Morgan fingerprint density at radius 2 is 1.78 bits per heavy atom. The first-order chi connectivity index (χ1) is 11.3. The average Bonchev–Trinajstić information content (AvgIpc) is 2.98. The van der Waals surface area contributed by atoms with Gasteiger partial charge in [0.25, 0.3) is 0 Å². The van der Waals surface area contributed by atoms with E-state index in [1.54, 1.807) is 7.11 Å². The number of nitrogens with one attached hydrogen (secondary N) is 1. The molecule has 0 aliphatic heterocycles. The molecule has 1 heterocycles. The Labute approximate surface area is 133 Å². The molecule has 3 nitrogen and oxygen atoms in total. The molecule has 3 heteroatoms. The van der Waals surface area contributed by atoms with Crippen LogP contribution in [0, 0.1) is 11.3 Å². The number of rotatable bonds is 2. The van der Waals surface area contributed by atoms with Crippen molar-refractivity contribution in [1.29, 1.82) is 5.26 Å². The number of benzene rings is 3. The molecule has 0 bridgehead atoms. The average molecular weight is 298 g/mol. The van der Waals surface area contributed by atoms with E-state index in [2.05, 4.69) is 29.3 Å². The summed E-state index contributed by atoms with van der Waals surface area (Å²) in [5.41, 5.74) is 3.46. The molecule has 0 spiro atoms. The lowest BCUT2D eigenvalue weighted by Gasteiger charge is -2.05. The van der Waals surface area contributed by atoms with Gasteiger partial charge in [0.15, 0.2) is 0 Å². The number of aromatic amines is 1. The Morgan fingerprint density at radius 1 is 0.957 bits per heavy atom. The van der Waals surface area contributed by atoms with Crippen LogP contribution < -0.4 is 4.74 Å². The van der Waals surface area contributed by atoms with E-state index in [0.29, 0.717) is 5.56 Å². The minimum Gasteiger partial charge on any atom is -0.497 e. The molecule has 0 atom stereocenters. The summed E-state index contributed by atoms with van der Waals surface area (Å²) in [5.74, 6) is 0.771. The first-order valence-electron chi connectivity index (χ1n) is 7.40. The van der Waals surface area contributed by atoms with Crippen LogP contribution >= 0.6 is 0 Å². The van der Waals surface area contributed by atoms with E-state index in [9.17, 15) is 5.26 Å². The lowest BCUT2D eigenvalue weighted by molar-refractivity contribution is 0.415. The number of hydrogen-bond acceptors (Lipinski definition) is 2. The van der Waals surface area contributed by atoms with Crippen molar-refractivity contribution in [2.75, 3.05) is 7.11 Å². The fourth-order valence-corrected chi connectivity index (χ4v) is 3.07. The Hall–Kier alpha value is -3.25. The topological polar surface area (TPSA) is 48.8 Å². The molecule has 0 unspecified atom stereocenters. The first kappa shape index (κ1) is 13.4. The summed E-state index contributed by atoms with van der Waals surface area (Å²) in [5, 5.41) is 12.9. The molecule has 0 aliphatic carbocycles. The van der Waals surface area contributed by atoms with Gasteiger partial charge in [0.1, 0.15) is 11.8 Å². The predicted octanol–water partition coefficient (Wildman–Crippen LogP) is 4.87. The Morgan fingerprint density at radius 3 is 2.61 bits per heavy atom. The highest BCUT2D eigenvalue weighted by Gasteiger charge is 2.15. The number of fused-ring (bicyclic) bond motifs is 2. The largest absolute Gasteiger partial charge is 0.497 e. The van der Waals surface area contributed by atoms with E-state index in [-0.39, 0.29) is 0 Å². The van der Waals surface area contributed by atoms with Crippen LogP contribution in [0.1, 0.15) is 5.56 Å². The van der Waals surface area contributed by atoms with Crippen LogP contribution in [-0.2, 0) is 0 Å². The van der Waals surface area contributed by atoms with Gasteiger partial charge in [0.05, 0.1) is 23.9 Å². The van der Waals surface area contributed by atoms with Crippen LogP contribution in [0.15, 0.2) is 60.7 Å². The monoisotopic (exact) mass is 298 g/mol. The Kier molecular flexibility index (Phi) is 3.03. The van der Waals surface area contributed by atoms with Gasteiger partial charge >= 0.3 is 0 Å². The third kappa shape index (κ3) is 2.04. The van der Waals surface area contributed by atoms with Gasteiger partial charge in [-0.05, 0) is 22.9 Å². The number of aromatic nitrogens is 1. The van der Waals surface area contributed by atoms with Crippen molar-refractivity contribution in [1.82, 2.24) is 4.98 Å². The molecule has 4 rings (SSSR count). The summed E-state index contributed by atoms with van der Waals surface area (Å²) in [6, 6.07) is 22.4. The first-order valence-corrected chi connectivity index (χ1v) is 7.40. The van der Waals surface area contributed by atoms with E-state index in [1.165, 1.54) is 0 Å². The second-order valence-corrected chi connectivity index (χ2v) is 5.43. The van der Waals surface area contributed by atoms with Crippen molar-refractivity contribution in [3.63, 3.8) is 0 Å². The second kappa shape index (κ2) is 5.19. The minimum atomic E-state index is 0.666. The molecule has 0 amide bonds. The van der Waals surface area contributed by atoms with Crippen molar-refractivity contribution in [3.05, 3.63) is 66.2 Å². The van der Waals surface area contributed by atoms with Gasteiger partial charge in [-0.2, -0.15) is 5.26 Å². The summed E-state index contributed by atoms with van der Waals surface area (Å²) < 4.78 is 5.28. The van der Waals surface area contributed by atoms with Gasteiger partial charge in [-0.15, -0.1) is 0 Å². The maximum absolute atomic E-state index is 9.66. The summed E-state index contributed by atoms with van der Waals surface area (Å²) in [7, 11) is 1.64. The molecule has 1 aromatic heterocycles. The third-order valence-electron chi connectivity index (χ3n) is 4.18. The summed E-state index contributed by atoms with van der Waals surface area (Å²) in [4.78, 5) is 3.40. The molecule has 0 saturated carbocycles. The normalized spacial score (nSPS) is 10.8. The number of nitrogens with zero attached hydrogens (tertiary/aromatic N) is 1. The van der Waals surface area contributed by atoms with Gasteiger partial charge < -0.3 is 9.72 Å². The number of hydrogen-bond donors (Lipinski definition) is 1. The number of methoxy groups -OCH3 is 1. The molecule has 0 fully saturated rings. The summed E-state index contributed by atoms with van der Waals surface area (Å²) >= 11 is 0. The van der Waals surface area contributed by atoms with Crippen molar-refractivity contribution in [2.24, 2.45) is 0 Å². The van der Waals surface area contributed by atoms with Crippen LogP contribution in [0.5, 0.6) is 5.75 Å². The van der Waals surface area contributed by atoms with Crippen molar-refractivity contribution in [2.45, 2.75) is 0 Å². The van der Waals surface area contributed by atoms with Crippen LogP contribution in [0.4, 0.5) is 0 Å². The van der Waals surface area contributed by atoms with Crippen LogP contribution in [0.3, 0.4) is 0 Å². The maximum Gasteiger partial charge on any atom is 0.120 e. The molecular formula is C20H14N2O. The maximum atomic E-state index is 9.66. The van der Waals surface area contributed by atoms with E-state index in [1.807, 2.05) is 42.5 Å². The molecule has 0 aliphatic rings. The van der Waals surface area contributed by atoms with E-state index in [0.717, 1.165) is 38.7 Å². The minimum absolute atomic E-state index is 0.666. The van der Waals surface area contributed by atoms with Gasteiger partial charge in [-0.3, -0.25) is 0 Å². The fourth-order valence-electron chi connectivity index (χ4n) is 3.07. The van der Waals surface area contributed by atoms with Crippen LogP contribution in [0.2, 0.25) is 0 Å². The zero-order valence-corrected chi connectivity index (χ0v) is 12.6. The van der Waals surface area contributed by atoms with Gasteiger partial charge in [0.2, 0.25) is 0 Å². The van der Waals surface area contributed by atoms with Crippen molar-refractivity contribution in [3.8, 4) is 23.1 Å². The second-order valence-electron chi connectivity index (χ2n) is 5.43. The van der Waals surface area contributed by atoms with E-state index < -0.39 is 0 Å². The molecular weight excluding hydrogens is 284 g/mol. The van der Waals surface area contributed by atoms with Crippen molar-refractivity contribution < 1.29 is 4.74 Å². The Balaban J connectivity index is 2.06. The fraction of sp³-hybridized carbons (Fsp3) is 0.0500. The number of ether oxygens (including phenoxy) is 1. The highest BCUT2D eigenvalue weighted by Crippen LogP contribution is 2.35.